The van der Waals surface area contributed by atoms with Gasteiger partial charge in [0.25, 0.3) is 0 Å². The molecule has 0 aromatic heterocycles. The molecule has 0 saturated heterocycles. The first-order valence-electron chi connectivity index (χ1n) is 8.85. The number of rotatable bonds is 5. The Morgan fingerprint density at radius 3 is 2.52 bits per heavy atom. The summed E-state index contributed by atoms with van der Waals surface area (Å²) in [6.45, 7) is 0.410. The fraction of sp³-hybridized carbons (Fsp3) is 0.632. The number of hydrogen-bond donors (Lipinski definition) is 1. The van der Waals surface area contributed by atoms with Crippen LogP contribution in [0.1, 0.15) is 38.5 Å². The van der Waals surface area contributed by atoms with Gasteiger partial charge in [0.1, 0.15) is 19.0 Å². The van der Waals surface area contributed by atoms with Gasteiger partial charge in [0.2, 0.25) is 0 Å². The molecule has 4 nitrogen and oxygen atoms in total. The lowest BCUT2D eigenvalue weighted by molar-refractivity contribution is -0.196. The molecule has 0 radical (unpaired) electrons. The number of carbonyl (C=O) groups excluding carboxylic acids is 1. The van der Waals surface area contributed by atoms with Gasteiger partial charge >= 0.3 is 5.97 Å². The highest BCUT2D eigenvalue weighted by atomic mass is 35.5. The Hall–Kier alpha value is -0.970. The minimum Gasteiger partial charge on any atom is -0.488 e. The highest BCUT2D eigenvalue weighted by molar-refractivity contribution is 6.35. The third-order valence-corrected chi connectivity index (χ3v) is 6.46. The summed E-state index contributed by atoms with van der Waals surface area (Å²) in [6, 6.07) is 5.01. The number of ether oxygens (including phenoxy) is 2. The van der Waals surface area contributed by atoms with Crippen LogP contribution in [-0.4, -0.2) is 29.9 Å². The monoisotopic (exact) mass is 384 g/mol. The highest BCUT2D eigenvalue weighted by Crippen LogP contribution is 2.61. The lowest BCUT2D eigenvalue weighted by Gasteiger charge is -2.58. The van der Waals surface area contributed by atoms with E-state index in [1.54, 1.807) is 18.2 Å². The van der Waals surface area contributed by atoms with E-state index in [9.17, 15) is 9.90 Å². The van der Waals surface area contributed by atoms with Crippen molar-refractivity contribution in [2.24, 2.45) is 17.3 Å². The number of halogens is 2. The van der Waals surface area contributed by atoms with Crippen LogP contribution in [0.3, 0.4) is 0 Å². The average molecular weight is 385 g/mol. The first-order valence-corrected chi connectivity index (χ1v) is 9.61. The zero-order valence-corrected chi connectivity index (χ0v) is 15.5. The van der Waals surface area contributed by atoms with Crippen molar-refractivity contribution in [2.45, 2.75) is 44.1 Å². The van der Waals surface area contributed by atoms with Gasteiger partial charge in [-0.3, -0.25) is 4.79 Å². The molecule has 4 fully saturated rings. The molecule has 1 aromatic carbocycles. The van der Waals surface area contributed by atoms with E-state index in [-0.39, 0.29) is 19.2 Å². The molecule has 0 aliphatic heterocycles. The summed E-state index contributed by atoms with van der Waals surface area (Å²) < 4.78 is 11.1. The Bertz CT molecular complexity index is 676. The molecular weight excluding hydrogens is 363 g/mol. The van der Waals surface area contributed by atoms with E-state index >= 15 is 0 Å². The summed E-state index contributed by atoms with van der Waals surface area (Å²) in [6.07, 6.45) is 5.10. The predicted octanol–water partition coefficient (Wildman–Crippen LogP) is 4.25. The molecule has 5 rings (SSSR count). The number of hydrogen-bond acceptors (Lipinski definition) is 4. The number of benzene rings is 1. The molecule has 4 bridgehead atoms. The molecular formula is C19H22Cl2O4. The van der Waals surface area contributed by atoms with Crippen molar-refractivity contribution in [1.29, 1.82) is 0 Å². The van der Waals surface area contributed by atoms with Gasteiger partial charge in [-0.15, -0.1) is 0 Å². The minimum atomic E-state index is -0.656. The normalized spacial score (nSPS) is 35.6. The lowest BCUT2D eigenvalue weighted by Crippen LogP contribution is -2.58. The molecule has 4 aliphatic carbocycles. The van der Waals surface area contributed by atoms with Crippen LogP contribution in [0.2, 0.25) is 10.0 Å². The van der Waals surface area contributed by atoms with E-state index in [0.717, 1.165) is 32.1 Å². The van der Waals surface area contributed by atoms with Crippen molar-refractivity contribution in [3.05, 3.63) is 28.2 Å². The van der Waals surface area contributed by atoms with Crippen LogP contribution < -0.4 is 4.74 Å². The van der Waals surface area contributed by atoms with Crippen LogP contribution in [0, 0.1) is 17.3 Å². The largest absolute Gasteiger partial charge is 0.488 e. The molecule has 0 heterocycles. The maximum atomic E-state index is 12.7. The molecule has 136 valence electrons. The Labute approximate surface area is 157 Å². The molecule has 0 amide bonds. The predicted molar refractivity (Wildman–Crippen MR) is 95.0 cm³/mol. The van der Waals surface area contributed by atoms with Gasteiger partial charge in [0, 0.05) is 5.02 Å². The smallest absolute Gasteiger partial charge is 0.312 e. The first kappa shape index (κ1) is 17.4. The van der Waals surface area contributed by atoms with Crippen LogP contribution >= 0.6 is 23.2 Å². The van der Waals surface area contributed by atoms with Gasteiger partial charge in [0.15, 0.2) is 0 Å². The minimum absolute atomic E-state index is 0.174. The van der Waals surface area contributed by atoms with Gasteiger partial charge in [0.05, 0.1) is 16.0 Å². The zero-order valence-electron chi connectivity index (χ0n) is 14.0. The fourth-order valence-electron chi connectivity index (χ4n) is 5.48. The Balaban J connectivity index is 1.32. The number of carbonyl (C=O) groups is 1. The second-order valence-electron chi connectivity index (χ2n) is 8.02. The summed E-state index contributed by atoms with van der Waals surface area (Å²) in [5, 5.41) is 11.7. The van der Waals surface area contributed by atoms with Gasteiger partial charge in [-0.25, -0.2) is 0 Å². The standard InChI is InChI=1S/C19H22Cl2O4/c20-14-1-2-16(15(21)6-14)24-3-4-25-17(22)18-7-12-5-13(8-18)10-19(23,9-12)11-18/h1-2,6,12-13,23H,3-5,7-11H2. The van der Waals surface area contributed by atoms with E-state index in [4.69, 9.17) is 32.7 Å². The van der Waals surface area contributed by atoms with Crippen LogP contribution in [-0.2, 0) is 9.53 Å². The first-order chi connectivity index (χ1) is 11.9. The average Bonchev–Trinajstić information content (AvgIpc) is 2.50. The van der Waals surface area contributed by atoms with Gasteiger partial charge in [-0.05, 0) is 68.6 Å². The number of esters is 1. The Morgan fingerprint density at radius 2 is 1.88 bits per heavy atom. The molecule has 1 aromatic rings. The van der Waals surface area contributed by atoms with Crippen LogP contribution in [0.4, 0.5) is 0 Å². The van der Waals surface area contributed by atoms with Crippen molar-refractivity contribution < 1.29 is 19.4 Å². The fourth-order valence-corrected chi connectivity index (χ4v) is 5.95. The maximum Gasteiger partial charge on any atom is 0.312 e. The molecule has 4 aliphatic rings. The third-order valence-electron chi connectivity index (χ3n) is 5.93. The van der Waals surface area contributed by atoms with E-state index < -0.39 is 11.0 Å². The molecule has 0 spiro atoms. The summed E-state index contributed by atoms with van der Waals surface area (Å²) in [4.78, 5) is 12.7. The maximum absolute atomic E-state index is 12.7. The molecule has 6 heteroatoms. The summed E-state index contributed by atoms with van der Waals surface area (Å²) in [5.74, 6) is 1.27. The quantitative estimate of drug-likeness (QED) is 0.608. The second kappa shape index (κ2) is 6.33. The van der Waals surface area contributed by atoms with Gasteiger partial charge in [-0.1, -0.05) is 23.2 Å². The molecule has 1 N–H and O–H groups in total. The zero-order chi connectivity index (χ0) is 17.7. The van der Waals surface area contributed by atoms with Crippen molar-refractivity contribution >= 4 is 29.2 Å². The van der Waals surface area contributed by atoms with Crippen molar-refractivity contribution in [1.82, 2.24) is 0 Å². The molecule has 2 atom stereocenters. The van der Waals surface area contributed by atoms with Crippen LogP contribution in [0.15, 0.2) is 18.2 Å². The van der Waals surface area contributed by atoms with Gasteiger partial charge in [-0.2, -0.15) is 0 Å². The Kier molecular flexibility index (Phi) is 4.41. The van der Waals surface area contributed by atoms with E-state index in [1.165, 1.54) is 0 Å². The topological polar surface area (TPSA) is 55.8 Å². The molecule has 4 saturated carbocycles. The van der Waals surface area contributed by atoms with Crippen LogP contribution in [0.25, 0.3) is 0 Å². The molecule has 2 unspecified atom stereocenters. The van der Waals surface area contributed by atoms with Crippen molar-refractivity contribution in [3.8, 4) is 5.75 Å². The lowest BCUT2D eigenvalue weighted by atomic mass is 9.48. The van der Waals surface area contributed by atoms with Crippen LogP contribution in [0.5, 0.6) is 5.75 Å². The SMILES string of the molecule is O=C(OCCOc1ccc(Cl)cc1Cl)C12CC3CC(CC(O)(C3)C1)C2. The Morgan fingerprint density at radius 1 is 1.16 bits per heavy atom. The second-order valence-corrected chi connectivity index (χ2v) is 8.87. The highest BCUT2D eigenvalue weighted by Gasteiger charge is 2.60. The summed E-state index contributed by atoms with van der Waals surface area (Å²) in [7, 11) is 0. The summed E-state index contributed by atoms with van der Waals surface area (Å²) >= 11 is 11.9. The third kappa shape index (κ3) is 3.36. The van der Waals surface area contributed by atoms with E-state index in [0.29, 0.717) is 34.1 Å². The van der Waals surface area contributed by atoms with Crippen molar-refractivity contribution in [3.63, 3.8) is 0 Å². The molecule has 25 heavy (non-hydrogen) atoms. The van der Waals surface area contributed by atoms with Crippen molar-refractivity contribution in [2.75, 3.05) is 13.2 Å². The van der Waals surface area contributed by atoms with Gasteiger partial charge < -0.3 is 14.6 Å². The van der Waals surface area contributed by atoms with E-state index in [1.807, 2.05) is 0 Å². The van der Waals surface area contributed by atoms with E-state index in [2.05, 4.69) is 0 Å². The number of aliphatic hydroxyl groups is 1. The summed E-state index contributed by atoms with van der Waals surface area (Å²) in [5.41, 5.74) is -1.15.